The number of anilines is 1. The van der Waals surface area contributed by atoms with Gasteiger partial charge in [0.25, 0.3) is 5.91 Å². The lowest BCUT2D eigenvalue weighted by molar-refractivity contribution is 0.0938. The first-order valence-electron chi connectivity index (χ1n) is 6.80. The molecule has 98 valence electrons. The summed E-state index contributed by atoms with van der Waals surface area (Å²) in [7, 11) is 0. The van der Waals surface area contributed by atoms with Crippen molar-refractivity contribution in [2.75, 3.05) is 11.9 Å². The maximum absolute atomic E-state index is 12.1. The highest BCUT2D eigenvalue weighted by atomic mass is 16.1. The number of carbonyl (C=O) groups excluding carboxylic acids is 1. The predicted molar refractivity (Wildman–Crippen MR) is 72.7 cm³/mol. The Morgan fingerprint density at radius 3 is 2.94 bits per heavy atom. The van der Waals surface area contributed by atoms with Crippen molar-refractivity contribution in [1.82, 2.24) is 10.3 Å². The van der Waals surface area contributed by atoms with Gasteiger partial charge in [0, 0.05) is 24.3 Å². The number of nitrogens with one attached hydrogen (secondary N) is 2. The highest BCUT2D eigenvalue weighted by Gasteiger charge is 2.18. The van der Waals surface area contributed by atoms with E-state index < -0.39 is 0 Å². The molecule has 4 nitrogen and oxygen atoms in total. The number of amides is 1. The summed E-state index contributed by atoms with van der Waals surface area (Å²) < 4.78 is 0. The van der Waals surface area contributed by atoms with Crippen LogP contribution in [0.15, 0.2) is 18.3 Å². The van der Waals surface area contributed by atoms with Crippen molar-refractivity contribution >= 4 is 11.7 Å². The Bertz CT molecular complexity index is 400. The number of aromatic nitrogens is 1. The van der Waals surface area contributed by atoms with Crippen LogP contribution in [-0.4, -0.2) is 23.5 Å². The van der Waals surface area contributed by atoms with Crippen LogP contribution in [0.5, 0.6) is 0 Å². The Labute approximate surface area is 108 Å². The van der Waals surface area contributed by atoms with E-state index in [-0.39, 0.29) is 5.91 Å². The van der Waals surface area contributed by atoms with Gasteiger partial charge in [-0.2, -0.15) is 0 Å². The van der Waals surface area contributed by atoms with E-state index in [9.17, 15) is 4.79 Å². The molecule has 0 atom stereocenters. The van der Waals surface area contributed by atoms with Crippen molar-refractivity contribution in [2.45, 2.75) is 45.1 Å². The van der Waals surface area contributed by atoms with E-state index in [4.69, 9.17) is 0 Å². The Balaban J connectivity index is 1.96. The SMILES string of the molecule is CCCNc1cc(C(=O)NC2CCCC2)ccn1. The average Bonchev–Trinajstić information content (AvgIpc) is 2.89. The molecule has 1 saturated carbocycles. The van der Waals surface area contributed by atoms with Crippen LogP contribution in [-0.2, 0) is 0 Å². The average molecular weight is 247 g/mol. The van der Waals surface area contributed by atoms with Crippen LogP contribution in [0.4, 0.5) is 5.82 Å². The smallest absolute Gasteiger partial charge is 0.251 e. The minimum atomic E-state index is 0.0175. The van der Waals surface area contributed by atoms with Crippen molar-refractivity contribution in [3.8, 4) is 0 Å². The van der Waals surface area contributed by atoms with Crippen LogP contribution in [0, 0.1) is 0 Å². The Kier molecular flexibility index (Phi) is 4.56. The molecule has 0 bridgehead atoms. The Hall–Kier alpha value is -1.58. The Morgan fingerprint density at radius 2 is 2.22 bits per heavy atom. The molecule has 2 N–H and O–H groups in total. The standard InChI is InChI=1S/C14H21N3O/c1-2-8-15-13-10-11(7-9-16-13)14(18)17-12-5-3-4-6-12/h7,9-10,12H,2-6,8H2,1H3,(H,15,16)(H,17,18). The summed E-state index contributed by atoms with van der Waals surface area (Å²) in [4.78, 5) is 16.3. The van der Waals surface area contributed by atoms with Crippen molar-refractivity contribution in [1.29, 1.82) is 0 Å². The number of carbonyl (C=O) groups is 1. The third-order valence-electron chi connectivity index (χ3n) is 3.27. The summed E-state index contributed by atoms with van der Waals surface area (Å²) in [5.74, 6) is 0.791. The van der Waals surface area contributed by atoms with Crippen molar-refractivity contribution in [2.24, 2.45) is 0 Å². The van der Waals surface area contributed by atoms with Gasteiger partial charge in [-0.3, -0.25) is 4.79 Å². The summed E-state index contributed by atoms with van der Waals surface area (Å²) in [5, 5.41) is 6.28. The lowest BCUT2D eigenvalue weighted by atomic mass is 10.2. The van der Waals surface area contributed by atoms with Crippen LogP contribution in [0.25, 0.3) is 0 Å². The van der Waals surface area contributed by atoms with Gasteiger partial charge in [-0.05, 0) is 31.4 Å². The van der Waals surface area contributed by atoms with Gasteiger partial charge in [-0.1, -0.05) is 19.8 Å². The zero-order valence-electron chi connectivity index (χ0n) is 10.9. The maximum Gasteiger partial charge on any atom is 0.251 e. The molecule has 1 aromatic heterocycles. The quantitative estimate of drug-likeness (QED) is 0.840. The minimum absolute atomic E-state index is 0.0175. The van der Waals surface area contributed by atoms with Crippen LogP contribution in [0.2, 0.25) is 0 Å². The van der Waals surface area contributed by atoms with Crippen molar-refractivity contribution in [3.05, 3.63) is 23.9 Å². The van der Waals surface area contributed by atoms with Crippen molar-refractivity contribution in [3.63, 3.8) is 0 Å². The van der Waals surface area contributed by atoms with Gasteiger partial charge in [0.05, 0.1) is 0 Å². The second-order valence-electron chi connectivity index (χ2n) is 4.81. The molecule has 18 heavy (non-hydrogen) atoms. The molecule has 1 amide bonds. The highest BCUT2D eigenvalue weighted by molar-refractivity contribution is 5.95. The largest absolute Gasteiger partial charge is 0.370 e. The number of nitrogens with zero attached hydrogens (tertiary/aromatic N) is 1. The Morgan fingerprint density at radius 1 is 1.44 bits per heavy atom. The molecule has 1 aliphatic carbocycles. The normalized spacial score (nSPS) is 15.6. The fourth-order valence-corrected chi connectivity index (χ4v) is 2.26. The van der Waals surface area contributed by atoms with Crippen molar-refractivity contribution < 1.29 is 4.79 Å². The van der Waals surface area contributed by atoms with Gasteiger partial charge in [0.2, 0.25) is 0 Å². The minimum Gasteiger partial charge on any atom is -0.370 e. The van der Waals surface area contributed by atoms with E-state index in [0.29, 0.717) is 11.6 Å². The third-order valence-corrected chi connectivity index (χ3v) is 3.27. The summed E-state index contributed by atoms with van der Waals surface area (Å²) in [6, 6.07) is 3.94. The first kappa shape index (κ1) is 12.9. The van der Waals surface area contributed by atoms with E-state index >= 15 is 0 Å². The zero-order chi connectivity index (χ0) is 12.8. The van der Waals surface area contributed by atoms with E-state index in [1.807, 2.05) is 6.07 Å². The molecular formula is C14H21N3O. The van der Waals surface area contributed by atoms with Gasteiger partial charge in [0.1, 0.15) is 5.82 Å². The molecule has 1 heterocycles. The van der Waals surface area contributed by atoms with Gasteiger partial charge in [-0.15, -0.1) is 0 Å². The third kappa shape index (κ3) is 3.45. The number of hydrogen-bond donors (Lipinski definition) is 2. The topological polar surface area (TPSA) is 54.0 Å². The van der Waals surface area contributed by atoms with E-state index in [2.05, 4.69) is 22.5 Å². The summed E-state index contributed by atoms with van der Waals surface area (Å²) in [6.45, 7) is 2.98. The molecular weight excluding hydrogens is 226 g/mol. The molecule has 0 aromatic carbocycles. The van der Waals surface area contributed by atoms with Gasteiger partial charge in [-0.25, -0.2) is 4.98 Å². The number of hydrogen-bond acceptors (Lipinski definition) is 3. The lowest BCUT2D eigenvalue weighted by Gasteiger charge is -2.12. The second kappa shape index (κ2) is 6.38. The van der Waals surface area contributed by atoms with Gasteiger partial charge in [0.15, 0.2) is 0 Å². The molecule has 2 rings (SSSR count). The van der Waals surface area contributed by atoms with E-state index in [1.165, 1.54) is 12.8 Å². The molecule has 0 unspecified atom stereocenters. The van der Waals surface area contributed by atoms with E-state index in [1.54, 1.807) is 12.3 Å². The fourth-order valence-electron chi connectivity index (χ4n) is 2.26. The predicted octanol–water partition coefficient (Wildman–Crippen LogP) is 2.58. The van der Waals surface area contributed by atoms with E-state index in [0.717, 1.165) is 31.6 Å². The summed E-state index contributed by atoms with van der Waals surface area (Å²) >= 11 is 0. The van der Waals surface area contributed by atoms with Crippen LogP contribution in [0.1, 0.15) is 49.4 Å². The molecule has 1 fully saturated rings. The van der Waals surface area contributed by atoms with Crippen LogP contribution in [0.3, 0.4) is 0 Å². The van der Waals surface area contributed by atoms with Gasteiger partial charge >= 0.3 is 0 Å². The maximum atomic E-state index is 12.1. The molecule has 0 radical (unpaired) electrons. The molecule has 1 aliphatic rings. The second-order valence-corrected chi connectivity index (χ2v) is 4.81. The molecule has 1 aromatic rings. The lowest BCUT2D eigenvalue weighted by Crippen LogP contribution is -2.32. The first-order chi connectivity index (χ1) is 8.79. The first-order valence-corrected chi connectivity index (χ1v) is 6.80. The molecule has 0 aliphatic heterocycles. The number of pyridine rings is 1. The van der Waals surface area contributed by atoms with Crippen LogP contribution < -0.4 is 10.6 Å². The fraction of sp³-hybridized carbons (Fsp3) is 0.571. The van der Waals surface area contributed by atoms with Crippen LogP contribution >= 0.6 is 0 Å². The highest BCUT2D eigenvalue weighted by Crippen LogP contribution is 2.18. The molecule has 0 saturated heterocycles. The number of rotatable bonds is 5. The zero-order valence-corrected chi connectivity index (χ0v) is 10.9. The molecule has 4 heteroatoms. The van der Waals surface area contributed by atoms with Gasteiger partial charge < -0.3 is 10.6 Å². The molecule has 0 spiro atoms. The monoisotopic (exact) mass is 247 g/mol. The summed E-state index contributed by atoms with van der Waals surface area (Å²) in [6.07, 6.45) is 7.40. The summed E-state index contributed by atoms with van der Waals surface area (Å²) in [5.41, 5.74) is 0.690.